The molecule has 0 saturated carbocycles. The zero-order chi connectivity index (χ0) is 15.2. The second-order valence-electron chi connectivity index (χ2n) is 4.81. The van der Waals surface area contributed by atoms with Crippen molar-refractivity contribution in [3.8, 4) is 0 Å². The number of rotatable bonds is 8. The largest absolute Gasteiger partial charge is 0.249 e. The maximum atomic E-state index is 8.69. The lowest BCUT2D eigenvalue weighted by atomic mass is 10.00. The molecular weight excluding hydrogens is 272 g/mol. The van der Waals surface area contributed by atoms with Gasteiger partial charge in [-0.2, -0.15) is 0 Å². The Balaban J connectivity index is 2.86. The topological polar surface area (TPSA) is 118 Å². The maximum absolute atomic E-state index is 8.69. The van der Waals surface area contributed by atoms with E-state index in [9.17, 15) is 0 Å². The van der Waals surface area contributed by atoms with E-state index >= 15 is 0 Å². The predicted molar refractivity (Wildman–Crippen MR) is 65.5 cm³/mol. The van der Waals surface area contributed by atoms with Crippen molar-refractivity contribution in [1.82, 2.24) is 0 Å². The molecule has 0 aliphatic rings. The van der Waals surface area contributed by atoms with Gasteiger partial charge in [-0.1, -0.05) is 24.3 Å². The minimum atomic E-state index is -1.59. The van der Waals surface area contributed by atoms with Gasteiger partial charge in [0.1, 0.15) is 0 Å². The summed E-state index contributed by atoms with van der Waals surface area (Å²) in [7, 11) is 0. The average Bonchev–Trinajstić information content (AvgIpc) is 2.47. The van der Waals surface area contributed by atoms with Crippen LogP contribution in [0, 0.1) is 0 Å². The van der Waals surface area contributed by atoms with Gasteiger partial charge in [-0.05, 0) is 25.0 Å². The van der Waals surface area contributed by atoms with Gasteiger partial charge in [0.25, 0.3) is 0 Å². The van der Waals surface area contributed by atoms with Crippen molar-refractivity contribution >= 4 is 0 Å². The summed E-state index contributed by atoms with van der Waals surface area (Å²) >= 11 is 0. The molecule has 0 unspecified atom stereocenters. The van der Waals surface area contributed by atoms with E-state index in [0.717, 1.165) is 0 Å². The van der Waals surface area contributed by atoms with Crippen molar-refractivity contribution in [3.63, 3.8) is 0 Å². The first-order valence-electron chi connectivity index (χ1n) is 5.78. The Kier molecular flexibility index (Phi) is 5.99. The van der Waals surface area contributed by atoms with E-state index in [1.54, 1.807) is 24.3 Å². The normalized spacial score (nSPS) is 12.7. The molecule has 1 rings (SSSR count). The molecule has 0 spiro atoms. The average molecular weight is 290 g/mol. The smallest absolute Gasteiger partial charge is 0.234 e. The minimum Gasteiger partial charge on any atom is -0.249 e. The zero-order valence-corrected chi connectivity index (χ0v) is 11.1. The van der Waals surface area contributed by atoms with Crippen molar-refractivity contribution < 1.29 is 40.6 Å². The fourth-order valence-corrected chi connectivity index (χ4v) is 1.75. The molecule has 0 amide bonds. The Bertz CT molecular complexity index is 378. The SMILES string of the molecule is CC(Cc1cccc(CC(C)(OO)OO)c1)(OO)OO. The molecule has 0 radical (unpaired) electrons. The Morgan fingerprint density at radius 2 is 1.15 bits per heavy atom. The highest BCUT2D eigenvalue weighted by molar-refractivity contribution is 5.25. The highest BCUT2D eigenvalue weighted by Crippen LogP contribution is 2.21. The van der Waals surface area contributed by atoms with Crippen molar-refractivity contribution in [1.29, 1.82) is 0 Å². The van der Waals surface area contributed by atoms with Crippen LogP contribution in [-0.2, 0) is 32.4 Å². The fourth-order valence-electron chi connectivity index (χ4n) is 1.75. The Morgan fingerprint density at radius 3 is 1.45 bits per heavy atom. The van der Waals surface area contributed by atoms with Gasteiger partial charge in [0.2, 0.25) is 11.6 Å². The second-order valence-corrected chi connectivity index (χ2v) is 4.81. The first-order valence-corrected chi connectivity index (χ1v) is 5.78. The van der Waals surface area contributed by atoms with Gasteiger partial charge >= 0.3 is 0 Å². The van der Waals surface area contributed by atoms with Crippen molar-refractivity contribution in [3.05, 3.63) is 35.4 Å². The summed E-state index contributed by atoms with van der Waals surface area (Å²) < 4.78 is 0. The van der Waals surface area contributed by atoms with Gasteiger partial charge in [0.05, 0.1) is 0 Å². The van der Waals surface area contributed by atoms with Crippen molar-refractivity contribution in [2.45, 2.75) is 38.3 Å². The summed E-state index contributed by atoms with van der Waals surface area (Å²) in [5.41, 5.74) is 1.35. The molecule has 0 atom stereocenters. The standard InChI is InChI=1S/C12H18O8/c1-11(17-13,18-14)7-9-4-3-5-10(6-9)8-12(2,19-15)20-16/h3-6,13-16H,7-8H2,1-2H3. The number of benzene rings is 1. The quantitative estimate of drug-likeness (QED) is 0.327. The monoisotopic (exact) mass is 290 g/mol. The molecule has 0 heterocycles. The second kappa shape index (κ2) is 7.07. The van der Waals surface area contributed by atoms with E-state index < -0.39 is 11.6 Å². The highest BCUT2D eigenvalue weighted by Gasteiger charge is 2.30. The van der Waals surface area contributed by atoms with E-state index in [4.69, 9.17) is 21.0 Å². The van der Waals surface area contributed by atoms with Crippen LogP contribution in [0.25, 0.3) is 0 Å². The van der Waals surface area contributed by atoms with Gasteiger partial charge in [-0.15, -0.1) is 0 Å². The molecule has 0 aliphatic heterocycles. The Labute approximate surface area is 115 Å². The molecule has 114 valence electrons. The summed E-state index contributed by atoms with van der Waals surface area (Å²) in [5.74, 6) is -3.19. The molecule has 8 nitrogen and oxygen atoms in total. The third-order valence-electron chi connectivity index (χ3n) is 2.81. The van der Waals surface area contributed by atoms with Gasteiger partial charge in [-0.3, -0.25) is 0 Å². The van der Waals surface area contributed by atoms with E-state index in [0.29, 0.717) is 11.1 Å². The van der Waals surface area contributed by atoms with E-state index in [2.05, 4.69) is 19.6 Å². The van der Waals surface area contributed by atoms with Crippen LogP contribution in [0.3, 0.4) is 0 Å². The summed E-state index contributed by atoms with van der Waals surface area (Å²) in [6, 6.07) is 6.83. The van der Waals surface area contributed by atoms with Crippen molar-refractivity contribution in [2.24, 2.45) is 0 Å². The number of hydrogen-bond acceptors (Lipinski definition) is 8. The van der Waals surface area contributed by atoms with Gasteiger partial charge < -0.3 is 0 Å². The lowest BCUT2D eigenvalue weighted by Crippen LogP contribution is -2.33. The molecule has 4 N–H and O–H groups in total. The first-order chi connectivity index (χ1) is 9.40. The first kappa shape index (κ1) is 17.0. The molecule has 20 heavy (non-hydrogen) atoms. The molecule has 1 aromatic rings. The lowest BCUT2D eigenvalue weighted by Gasteiger charge is -2.23. The minimum absolute atomic E-state index is 0.0600. The molecule has 8 heteroatoms. The Hall–Kier alpha value is -1.10. The summed E-state index contributed by atoms with van der Waals surface area (Å²) in [4.78, 5) is 16.3. The van der Waals surface area contributed by atoms with Crippen LogP contribution in [0.5, 0.6) is 0 Å². The molecule has 1 aromatic carbocycles. The van der Waals surface area contributed by atoms with Gasteiger partial charge in [0, 0.05) is 12.8 Å². The maximum Gasteiger partial charge on any atom is 0.234 e. The zero-order valence-electron chi connectivity index (χ0n) is 11.1. The van der Waals surface area contributed by atoms with Crippen LogP contribution in [0.4, 0.5) is 0 Å². The summed E-state index contributed by atoms with van der Waals surface area (Å²) in [5, 5.41) is 34.7. The summed E-state index contributed by atoms with van der Waals surface area (Å²) in [6.07, 6.45) is 0.120. The fraction of sp³-hybridized carbons (Fsp3) is 0.500. The van der Waals surface area contributed by atoms with Crippen molar-refractivity contribution in [2.75, 3.05) is 0 Å². The molecule has 0 saturated heterocycles. The van der Waals surface area contributed by atoms with E-state index in [-0.39, 0.29) is 12.8 Å². The van der Waals surface area contributed by atoms with Crippen LogP contribution in [-0.4, -0.2) is 32.6 Å². The predicted octanol–water partition coefficient (Wildman–Crippen LogP) is 2.16. The summed E-state index contributed by atoms with van der Waals surface area (Å²) in [6.45, 7) is 2.69. The van der Waals surface area contributed by atoms with Crippen LogP contribution in [0.15, 0.2) is 24.3 Å². The van der Waals surface area contributed by atoms with Gasteiger partial charge in [-0.25, -0.2) is 40.6 Å². The van der Waals surface area contributed by atoms with Crippen LogP contribution in [0.1, 0.15) is 25.0 Å². The third kappa shape index (κ3) is 4.47. The molecule has 0 aliphatic carbocycles. The van der Waals surface area contributed by atoms with Crippen LogP contribution < -0.4 is 0 Å². The van der Waals surface area contributed by atoms with Crippen LogP contribution >= 0.6 is 0 Å². The molecule has 0 fully saturated rings. The third-order valence-corrected chi connectivity index (χ3v) is 2.81. The number of hydrogen-bond donors (Lipinski definition) is 4. The molecule has 0 aromatic heterocycles. The lowest BCUT2D eigenvalue weighted by molar-refractivity contribution is -0.480. The Morgan fingerprint density at radius 1 is 0.800 bits per heavy atom. The highest BCUT2D eigenvalue weighted by atomic mass is 17.2. The molecule has 0 bridgehead atoms. The van der Waals surface area contributed by atoms with Crippen LogP contribution in [0.2, 0.25) is 0 Å². The van der Waals surface area contributed by atoms with E-state index in [1.165, 1.54) is 13.8 Å². The molecular formula is C12H18O8. The van der Waals surface area contributed by atoms with E-state index in [1.807, 2.05) is 0 Å². The van der Waals surface area contributed by atoms with Gasteiger partial charge in [0.15, 0.2) is 0 Å².